The van der Waals surface area contributed by atoms with E-state index < -0.39 is 6.04 Å². The zero-order valence-corrected chi connectivity index (χ0v) is 18.3. The second-order valence-corrected chi connectivity index (χ2v) is 7.93. The molecule has 1 unspecified atom stereocenters. The van der Waals surface area contributed by atoms with Gasteiger partial charge >= 0.3 is 0 Å². The van der Waals surface area contributed by atoms with Crippen LogP contribution in [0, 0.1) is 0 Å². The molecule has 1 aliphatic heterocycles. The van der Waals surface area contributed by atoms with Crippen LogP contribution in [-0.4, -0.2) is 55.5 Å². The molecule has 2 aromatic rings. The number of hydrogen-bond acceptors (Lipinski definition) is 4. The molecule has 0 aromatic heterocycles. The van der Waals surface area contributed by atoms with Crippen molar-refractivity contribution < 1.29 is 14.3 Å². The standard InChI is InChI=1S/C25H33N3O3/c1-2-14-26-25(30)23(27-24(29)21-8-4-3-5-9-21)19-20-10-12-22(13-11-20)31-18-17-28-15-6-7-16-28/h3-5,8-13,23H,2,6-7,14-19H2,1H3,(H,26,30)(H,27,29). The van der Waals surface area contributed by atoms with Gasteiger partial charge in [-0.15, -0.1) is 0 Å². The molecule has 1 atom stereocenters. The number of hydrogen-bond donors (Lipinski definition) is 2. The molecule has 0 radical (unpaired) electrons. The number of rotatable bonds is 11. The van der Waals surface area contributed by atoms with E-state index in [-0.39, 0.29) is 11.8 Å². The number of amides is 2. The Morgan fingerprint density at radius 2 is 1.74 bits per heavy atom. The monoisotopic (exact) mass is 423 g/mol. The summed E-state index contributed by atoms with van der Waals surface area (Å²) in [4.78, 5) is 27.7. The van der Waals surface area contributed by atoms with Crippen molar-refractivity contribution in [2.24, 2.45) is 0 Å². The van der Waals surface area contributed by atoms with Gasteiger partial charge in [-0.3, -0.25) is 14.5 Å². The van der Waals surface area contributed by atoms with Crippen LogP contribution < -0.4 is 15.4 Å². The summed E-state index contributed by atoms with van der Waals surface area (Å²) < 4.78 is 5.86. The molecular weight excluding hydrogens is 390 g/mol. The van der Waals surface area contributed by atoms with Crippen molar-refractivity contribution in [3.63, 3.8) is 0 Å². The zero-order chi connectivity index (χ0) is 21.9. The Morgan fingerprint density at radius 3 is 2.42 bits per heavy atom. The normalized spacial score (nSPS) is 14.7. The van der Waals surface area contributed by atoms with Gasteiger partial charge in [-0.25, -0.2) is 0 Å². The maximum atomic E-state index is 12.7. The third-order valence-electron chi connectivity index (χ3n) is 5.45. The summed E-state index contributed by atoms with van der Waals surface area (Å²) in [5.74, 6) is 0.402. The van der Waals surface area contributed by atoms with Crippen LogP contribution in [0.2, 0.25) is 0 Å². The SMILES string of the molecule is CCCNC(=O)C(Cc1ccc(OCCN2CCCC2)cc1)NC(=O)c1ccccc1. The third kappa shape index (κ3) is 7.40. The Bertz CT molecular complexity index is 818. The lowest BCUT2D eigenvalue weighted by Crippen LogP contribution is -2.48. The van der Waals surface area contributed by atoms with Gasteiger partial charge in [-0.2, -0.15) is 0 Å². The maximum Gasteiger partial charge on any atom is 0.251 e. The van der Waals surface area contributed by atoms with Crippen LogP contribution in [0.3, 0.4) is 0 Å². The molecule has 2 aromatic carbocycles. The van der Waals surface area contributed by atoms with Crippen molar-refractivity contribution in [2.45, 2.75) is 38.6 Å². The molecule has 3 rings (SSSR count). The summed E-state index contributed by atoms with van der Waals surface area (Å²) in [6.07, 6.45) is 3.82. The van der Waals surface area contributed by atoms with Gasteiger partial charge in [0.05, 0.1) is 0 Å². The molecule has 2 amide bonds. The van der Waals surface area contributed by atoms with Crippen molar-refractivity contribution in [1.29, 1.82) is 0 Å². The fourth-order valence-corrected chi connectivity index (χ4v) is 3.67. The van der Waals surface area contributed by atoms with Crippen LogP contribution in [0.4, 0.5) is 0 Å². The smallest absolute Gasteiger partial charge is 0.251 e. The lowest BCUT2D eigenvalue weighted by molar-refractivity contribution is -0.122. The second kappa shape index (κ2) is 12.1. The summed E-state index contributed by atoms with van der Waals surface area (Å²) in [5, 5.41) is 5.78. The number of carbonyl (C=O) groups is 2. The molecule has 1 aliphatic rings. The lowest BCUT2D eigenvalue weighted by atomic mass is 10.0. The highest BCUT2D eigenvalue weighted by Gasteiger charge is 2.21. The lowest BCUT2D eigenvalue weighted by Gasteiger charge is -2.19. The van der Waals surface area contributed by atoms with Crippen molar-refractivity contribution in [3.05, 3.63) is 65.7 Å². The Kier molecular flexibility index (Phi) is 8.91. The summed E-state index contributed by atoms with van der Waals surface area (Å²) in [6.45, 7) is 6.54. The molecule has 6 heteroatoms. The van der Waals surface area contributed by atoms with E-state index in [9.17, 15) is 9.59 Å². The fourth-order valence-electron chi connectivity index (χ4n) is 3.67. The van der Waals surface area contributed by atoms with Crippen molar-refractivity contribution >= 4 is 11.8 Å². The first-order valence-corrected chi connectivity index (χ1v) is 11.2. The van der Waals surface area contributed by atoms with Gasteiger partial charge in [0, 0.05) is 25.1 Å². The Morgan fingerprint density at radius 1 is 1.03 bits per heavy atom. The van der Waals surface area contributed by atoms with E-state index in [1.54, 1.807) is 12.1 Å². The predicted molar refractivity (Wildman–Crippen MR) is 122 cm³/mol. The molecule has 166 valence electrons. The van der Waals surface area contributed by atoms with Gasteiger partial charge in [0.2, 0.25) is 5.91 Å². The van der Waals surface area contributed by atoms with Gasteiger partial charge < -0.3 is 15.4 Å². The van der Waals surface area contributed by atoms with E-state index in [0.717, 1.165) is 24.3 Å². The van der Waals surface area contributed by atoms with Gasteiger partial charge in [0.25, 0.3) is 5.91 Å². The first-order valence-electron chi connectivity index (χ1n) is 11.2. The third-order valence-corrected chi connectivity index (χ3v) is 5.45. The zero-order valence-electron chi connectivity index (χ0n) is 18.3. The van der Waals surface area contributed by atoms with Gasteiger partial charge in [0.15, 0.2) is 0 Å². The first-order chi connectivity index (χ1) is 15.2. The minimum Gasteiger partial charge on any atom is -0.492 e. The number of benzene rings is 2. The average Bonchev–Trinajstić information content (AvgIpc) is 3.32. The van der Waals surface area contributed by atoms with Gasteiger partial charge in [-0.05, 0) is 62.2 Å². The molecule has 1 fully saturated rings. The number of nitrogens with zero attached hydrogens (tertiary/aromatic N) is 1. The molecule has 0 bridgehead atoms. The molecule has 0 spiro atoms. The van der Waals surface area contributed by atoms with Crippen molar-refractivity contribution in [2.75, 3.05) is 32.8 Å². The topological polar surface area (TPSA) is 70.7 Å². The van der Waals surface area contributed by atoms with E-state index in [0.29, 0.717) is 25.1 Å². The summed E-state index contributed by atoms with van der Waals surface area (Å²) in [7, 11) is 0. The summed E-state index contributed by atoms with van der Waals surface area (Å²) in [6, 6.07) is 16.1. The van der Waals surface area contributed by atoms with E-state index in [2.05, 4.69) is 15.5 Å². The Hall–Kier alpha value is -2.86. The number of likely N-dealkylation sites (tertiary alicyclic amines) is 1. The van der Waals surface area contributed by atoms with Gasteiger partial charge in [-0.1, -0.05) is 37.3 Å². The van der Waals surface area contributed by atoms with E-state index in [1.807, 2.05) is 49.4 Å². The van der Waals surface area contributed by atoms with Crippen molar-refractivity contribution in [3.8, 4) is 5.75 Å². The second-order valence-electron chi connectivity index (χ2n) is 7.93. The predicted octanol–water partition coefficient (Wildman–Crippen LogP) is 3.03. The number of ether oxygens (including phenoxy) is 1. The van der Waals surface area contributed by atoms with Crippen molar-refractivity contribution in [1.82, 2.24) is 15.5 Å². The van der Waals surface area contributed by atoms with Gasteiger partial charge in [0.1, 0.15) is 18.4 Å². The number of nitrogens with one attached hydrogen (secondary N) is 2. The summed E-state index contributed by atoms with van der Waals surface area (Å²) in [5.41, 5.74) is 1.51. The number of carbonyl (C=O) groups excluding carboxylic acids is 2. The highest BCUT2D eigenvalue weighted by molar-refractivity contribution is 5.97. The molecule has 1 saturated heterocycles. The summed E-state index contributed by atoms with van der Waals surface area (Å²) >= 11 is 0. The Balaban J connectivity index is 1.57. The fraction of sp³-hybridized carbons (Fsp3) is 0.440. The highest BCUT2D eigenvalue weighted by Crippen LogP contribution is 2.15. The van der Waals surface area contributed by atoms with Crippen LogP contribution in [0.1, 0.15) is 42.1 Å². The maximum absolute atomic E-state index is 12.7. The van der Waals surface area contributed by atoms with Crippen LogP contribution in [-0.2, 0) is 11.2 Å². The minimum atomic E-state index is -0.638. The molecule has 31 heavy (non-hydrogen) atoms. The average molecular weight is 424 g/mol. The molecule has 0 saturated carbocycles. The van der Waals surface area contributed by atoms with Crippen LogP contribution >= 0.6 is 0 Å². The first kappa shape index (κ1) is 22.8. The van der Waals surface area contributed by atoms with Crippen LogP contribution in [0.5, 0.6) is 5.75 Å². The largest absolute Gasteiger partial charge is 0.492 e. The molecule has 6 nitrogen and oxygen atoms in total. The quantitative estimate of drug-likeness (QED) is 0.583. The van der Waals surface area contributed by atoms with E-state index in [4.69, 9.17) is 4.74 Å². The van der Waals surface area contributed by atoms with Crippen LogP contribution in [0.15, 0.2) is 54.6 Å². The highest BCUT2D eigenvalue weighted by atomic mass is 16.5. The molecule has 2 N–H and O–H groups in total. The van der Waals surface area contributed by atoms with Crippen LogP contribution in [0.25, 0.3) is 0 Å². The Labute approximate surface area is 185 Å². The van der Waals surface area contributed by atoms with E-state index >= 15 is 0 Å². The molecular formula is C25H33N3O3. The molecule has 0 aliphatic carbocycles. The van der Waals surface area contributed by atoms with E-state index in [1.165, 1.54) is 25.9 Å². The molecule has 1 heterocycles. The minimum absolute atomic E-state index is 0.169.